The lowest BCUT2D eigenvalue weighted by Crippen LogP contribution is -2.51. The first-order valence-corrected chi connectivity index (χ1v) is 5.76. The number of amides is 2. The molecule has 0 aliphatic carbocycles. The number of carbonyl (C=O) groups excluding carboxylic acids is 1. The van der Waals surface area contributed by atoms with E-state index in [1.165, 1.54) is 0 Å². The van der Waals surface area contributed by atoms with Crippen molar-refractivity contribution in [1.29, 1.82) is 0 Å². The van der Waals surface area contributed by atoms with Crippen LogP contribution >= 0.6 is 0 Å². The highest BCUT2D eigenvalue weighted by molar-refractivity contribution is 5.74. The quantitative estimate of drug-likeness (QED) is 0.739. The predicted molar refractivity (Wildman–Crippen MR) is 61.3 cm³/mol. The van der Waals surface area contributed by atoms with Crippen molar-refractivity contribution in [2.75, 3.05) is 32.8 Å². The largest absolute Gasteiger partial charge is 0.388 e. The van der Waals surface area contributed by atoms with Gasteiger partial charge in [0.2, 0.25) is 0 Å². The van der Waals surface area contributed by atoms with E-state index < -0.39 is 5.60 Å². The zero-order chi connectivity index (χ0) is 12.2. The Kier molecular flexibility index (Phi) is 4.56. The van der Waals surface area contributed by atoms with Crippen molar-refractivity contribution in [3.05, 3.63) is 0 Å². The van der Waals surface area contributed by atoms with Crippen molar-refractivity contribution >= 4 is 6.03 Å². The normalized spacial score (nSPS) is 20.7. The van der Waals surface area contributed by atoms with Gasteiger partial charge in [-0.2, -0.15) is 0 Å². The highest BCUT2D eigenvalue weighted by atomic mass is 16.5. The number of hydrogen-bond acceptors (Lipinski definition) is 3. The molecule has 0 aromatic heterocycles. The van der Waals surface area contributed by atoms with Crippen LogP contribution < -0.4 is 5.32 Å². The smallest absolute Gasteiger partial charge is 0.317 e. The van der Waals surface area contributed by atoms with E-state index in [4.69, 9.17) is 4.74 Å². The van der Waals surface area contributed by atoms with Crippen molar-refractivity contribution < 1.29 is 14.6 Å². The summed E-state index contributed by atoms with van der Waals surface area (Å²) in [5.41, 5.74) is -0.859. The molecule has 0 radical (unpaired) electrons. The number of rotatable bonds is 3. The Morgan fingerprint density at radius 1 is 1.50 bits per heavy atom. The SMILES string of the molecule is CC(C)C(C)(O)CNC(=O)N1CCOCC1. The lowest BCUT2D eigenvalue weighted by atomic mass is 9.93. The summed E-state index contributed by atoms with van der Waals surface area (Å²) in [5, 5.41) is 12.7. The first kappa shape index (κ1) is 13.3. The Balaban J connectivity index is 2.34. The lowest BCUT2D eigenvalue weighted by molar-refractivity contribution is 0.0127. The van der Waals surface area contributed by atoms with Gasteiger partial charge in [-0.1, -0.05) is 13.8 Å². The van der Waals surface area contributed by atoms with Crippen LogP contribution in [0.15, 0.2) is 0 Å². The summed E-state index contributed by atoms with van der Waals surface area (Å²) >= 11 is 0. The molecule has 1 aliphatic rings. The molecule has 1 unspecified atom stereocenters. The van der Waals surface area contributed by atoms with Crippen LogP contribution in [0.3, 0.4) is 0 Å². The highest BCUT2D eigenvalue weighted by Crippen LogP contribution is 2.14. The molecule has 1 fully saturated rings. The minimum absolute atomic E-state index is 0.109. The zero-order valence-corrected chi connectivity index (χ0v) is 10.3. The number of carbonyl (C=O) groups is 1. The Morgan fingerprint density at radius 3 is 2.56 bits per heavy atom. The van der Waals surface area contributed by atoms with Gasteiger partial charge in [0.05, 0.1) is 18.8 Å². The third-order valence-electron chi connectivity index (χ3n) is 3.14. The molecule has 1 rings (SSSR count). The topological polar surface area (TPSA) is 61.8 Å². The van der Waals surface area contributed by atoms with Crippen molar-refractivity contribution in [1.82, 2.24) is 10.2 Å². The van der Waals surface area contributed by atoms with E-state index in [0.717, 1.165) is 0 Å². The second-order valence-electron chi connectivity index (χ2n) is 4.77. The monoisotopic (exact) mass is 230 g/mol. The van der Waals surface area contributed by atoms with E-state index in [9.17, 15) is 9.90 Å². The fourth-order valence-electron chi connectivity index (χ4n) is 1.34. The third kappa shape index (κ3) is 3.64. The first-order valence-electron chi connectivity index (χ1n) is 5.76. The number of ether oxygens (including phenoxy) is 1. The van der Waals surface area contributed by atoms with Gasteiger partial charge in [-0.05, 0) is 12.8 Å². The average molecular weight is 230 g/mol. The van der Waals surface area contributed by atoms with Crippen LogP contribution in [0.1, 0.15) is 20.8 Å². The maximum atomic E-state index is 11.7. The van der Waals surface area contributed by atoms with Crippen LogP contribution in [0.25, 0.3) is 0 Å². The summed E-state index contributed by atoms with van der Waals surface area (Å²) in [5.74, 6) is 0.109. The lowest BCUT2D eigenvalue weighted by Gasteiger charge is -2.31. The molecule has 16 heavy (non-hydrogen) atoms. The average Bonchev–Trinajstić information content (AvgIpc) is 2.27. The van der Waals surface area contributed by atoms with Crippen molar-refractivity contribution in [2.45, 2.75) is 26.4 Å². The summed E-state index contributed by atoms with van der Waals surface area (Å²) < 4.78 is 5.16. The molecule has 1 atom stereocenters. The molecule has 1 heterocycles. The summed E-state index contributed by atoms with van der Waals surface area (Å²) in [4.78, 5) is 13.4. The molecule has 0 aromatic carbocycles. The minimum atomic E-state index is -0.859. The Bertz CT molecular complexity index is 235. The maximum absolute atomic E-state index is 11.7. The van der Waals surface area contributed by atoms with E-state index >= 15 is 0 Å². The van der Waals surface area contributed by atoms with E-state index in [0.29, 0.717) is 26.3 Å². The molecule has 2 amide bonds. The first-order chi connectivity index (χ1) is 7.43. The van der Waals surface area contributed by atoms with Crippen LogP contribution in [0.2, 0.25) is 0 Å². The van der Waals surface area contributed by atoms with E-state index in [-0.39, 0.29) is 18.5 Å². The van der Waals surface area contributed by atoms with Crippen LogP contribution in [0, 0.1) is 5.92 Å². The standard InChI is InChI=1S/C11H22N2O3/c1-9(2)11(3,15)8-12-10(14)13-4-6-16-7-5-13/h9,15H,4-8H2,1-3H3,(H,12,14). The summed E-state index contributed by atoms with van der Waals surface area (Å²) in [6.07, 6.45) is 0. The second-order valence-corrected chi connectivity index (χ2v) is 4.77. The molecular formula is C11H22N2O3. The summed E-state index contributed by atoms with van der Waals surface area (Å²) in [6.45, 7) is 8.30. The van der Waals surface area contributed by atoms with Crippen LogP contribution in [0.5, 0.6) is 0 Å². The van der Waals surface area contributed by atoms with Crippen LogP contribution in [0.4, 0.5) is 4.79 Å². The number of aliphatic hydroxyl groups is 1. The number of hydrogen-bond donors (Lipinski definition) is 2. The molecule has 0 bridgehead atoms. The molecule has 0 spiro atoms. The van der Waals surface area contributed by atoms with Gasteiger partial charge in [-0.3, -0.25) is 0 Å². The fourth-order valence-corrected chi connectivity index (χ4v) is 1.34. The second kappa shape index (κ2) is 5.50. The summed E-state index contributed by atoms with van der Waals surface area (Å²) in [6, 6.07) is -0.121. The Hall–Kier alpha value is -0.810. The molecule has 0 aromatic rings. The Morgan fingerprint density at radius 2 is 2.06 bits per heavy atom. The van der Waals surface area contributed by atoms with Gasteiger partial charge in [-0.15, -0.1) is 0 Å². The van der Waals surface area contributed by atoms with E-state index in [1.54, 1.807) is 11.8 Å². The van der Waals surface area contributed by atoms with E-state index in [2.05, 4.69) is 5.32 Å². The van der Waals surface area contributed by atoms with Gasteiger partial charge >= 0.3 is 6.03 Å². The van der Waals surface area contributed by atoms with E-state index in [1.807, 2.05) is 13.8 Å². The highest BCUT2D eigenvalue weighted by Gasteiger charge is 2.26. The van der Waals surface area contributed by atoms with Crippen LogP contribution in [-0.4, -0.2) is 54.5 Å². The van der Waals surface area contributed by atoms with Gasteiger partial charge < -0.3 is 20.1 Å². The molecule has 0 saturated carbocycles. The number of urea groups is 1. The molecule has 5 nitrogen and oxygen atoms in total. The zero-order valence-electron chi connectivity index (χ0n) is 10.3. The van der Waals surface area contributed by atoms with Gasteiger partial charge in [-0.25, -0.2) is 4.79 Å². The minimum Gasteiger partial charge on any atom is -0.388 e. The maximum Gasteiger partial charge on any atom is 0.317 e. The van der Waals surface area contributed by atoms with Gasteiger partial charge in [0.1, 0.15) is 0 Å². The fraction of sp³-hybridized carbons (Fsp3) is 0.909. The van der Waals surface area contributed by atoms with Crippen molar-refractivity contribution in [3.63, 3.8) is 0 Å². The number of nitrogens with zero attached hydrogens (tertiary/aromatic N) is 1. The third-order valence-corrected chi connectivity index (χ3v) is 3.14. The van der Waals surface area contributed by atoms with Crippen LogP contribution in [-0.2, 0) is 4.74 Å². The summed E-state index contributed by atoms with van der Waals surface area (Å²) in [7, 11) is 0. The number of morpholine rings is 1. The van der Waals surface area contributed by atoms with Gasteiger partial charge in [0.25, 0.3) is 0 Å². The molecule has 2 N–H and O–H groups in total. The van der Waals surface area contributed by atoms with Gasteiger partial charge in [0, 0.05) is 19.6 Å². The molecule has 1 saturated heterocycles. The van der Waals surface area contributed by atoms with Gasteiger partial charge in [0.15, 0.2) is 0 Å². The van der Waals surface area contributed by atoms with Crippen molar-refractivity contribution in [3.8, 4) is 0 Å². The molecular weight excluding hydrogens is 208 g/mol. The van der Waals surface area contributed by atoms with Crippen molar-refractivity contribution in [2.24, 2.45) is 5.92 Å². The molecule has 5 heteroatoms. The number of nitrogens with one attached hydrogen (secondary N) is 1. The predicted octanol–water partition coefficient (Wildman–Crippen LogP) is 0.435. The molecule has 1 aliphatic heterocycles. The Labute approximate surface area is 96.8 Å². The molecule has 94 valence electrons.